The van der Waals surface area contributed by atoms with Gasteiger partial charge in [0.25, 0.3) is 0 Å². The van der Waals surface area contributed by atoms with Gasteiger partial charge in [-0.25, -0.2) is 0 Å². The maximum absolute atomic E-state index is 4.41. The van der Waals surface area contributed by atoms with E-state index >= 15 is 0 Å². The van der Waals surface area contributed by atoms with Gasteiger partial charge in [-0.1, -0.05) is 30.4 Å². The van der Waals surface area contributed by atoms with Gasteiger partial charge in [-0.2, -0.15) is 0 Å². The first-order valence-corrected chi connectivity index (χ1v) is 4.93. The Balaban J connectivity index is 2.38. The Hall–Kier alpha value is -2.09. The molecule has 1 N–H and O–H groups in total. The second-order valence-electron chi connectivity index (χ2n) is 3.47. The Morgan fingerprint density at radius 1 is 1.07 bits per heavy atom. The van der Waals surface area contributed by atoms with Gasteiger partial charge in [-0.05, 0) is 12.1 Å². The molecule has 3 rings (SSSR count). The molecule has 0 radical (unpaired) electrons. The molecule has 0 saturated heterocycles. The van der Waals surface area contributed by atoms with Crippen molar-refractivity contribution in [3.8, 4) is 0 Å². The van der Waals surface area contributed by atoms with Crippen LogP contribution in [0.2, 0.25) is 0 Å². The van der Waals surface area contributed by atoms with Crippen molar-refractivity contribution in [2.24, 2.45) is 0 Å². The number of hydrogen-bond acceptors (Lipinski definition) is 2. The molecule has 0 spiro atoms. The number of pyridine rings is 1. The van der Waals surface area contributed by atoms with E-state index in [-0.39, 0.29) is 0 Å². The van der Waals surface area contributed by atoms with Crippen LogP contribution in [0.25, 0.3) is 17.0 Å². The van der Waals surface area contributed by atoms with Crippen LogP contribution in [-0.2, 0) is 0 Å². The third kappa shape index (κ3) is 1.31. The molecular weight excluding hydrogens is 184 g/mol. The molecule has 0 unspecified atom stereocenters. The lowest BCUT2D eigenvalue weighted by molar-refractivity contribution is 1.40. The Kier molecular flexibility index (Phi) is 1.78. The van der Waals surface area contributed by atoms with Gasteiger partial charge in [0.05, 0.1) is 11.2 Å². The molecule has 2 heterocycles. The lowest BCUT2D eigenvalue weighted by Gasteiger charge is -2.07. The summed E-state index contributed by atoms with van der Waals surface area (Å²) in [6.07, 6.45) is 9.83. The van der Waals surface area contributed by atoms with Crippen LogP contribution in [0.3, 0.4) is 0 Å². The zero-order valence-electron chi connectivity index (χ0n) is 8.14. The first-order chi connectivity index (χ1) is 7.45. The van der Waals surface area contributed by atoms with Crippen LogP contribution in [0.4, 0.5) is 5.69 Å². The molecule has 1 aromatic heterocycles. The molecular formula is C13H10N2. The van der Waals surface area contributed by atoms with Crippen LogP contribution in [0.1, 0.15) is 5.56 Å². The van der Waals surface area contributed by atoms with Gasteiger partial charge in [-0.15, -0.1) is 0 Å². The number of benzene rings is 1. The first-order valence-electron chi connectivity index (χ1n) is 4.93. The fourth-order valence-electron chi connectivity index (χ4n) is 1.80. The lowest BCUT2D eigenvalue weighted by Crippen LogP contribution is -1.92. The number of hydrogen-bond donors (Lipinski definition) is 1. The van der Waals surface area contributed by atoms with E-state index in [9.17, 15) is 0 Å². The van der Waals surface area contributed by atoms with Gasteiger partial charge < -0.3 is 5.32 Å². The largest absolute Gasteiger partial charge is 0.359 e. The van der Waals surface area contributed by atoms with Gasteiger partial charge in [-0.3, -0.25) is 4.98 Å². The minimum atomic E-state index is 1.02. The van der Waals surface area contributed by atoms with E-state index in [0.717, 1.165) is 16.6 Å². The van der Waals surface area contributed by atoms with E-state index < -0.39 is 0 Å². The highest BCUT2D eigenvalue weighted by molar-refractivity contribution is 5.95. The van der Waals surface area contributed by atoms with Crippen molar-refractivity contribution < 1.29 is 0 Å². The molecule has 0 amide bonds. The third-order valence-electron chi connectivity index (χ3n) is 2.52. The van der Waals surface area contributed by atoms with Crippen molar-refractivity contribution in [2.75, 3.05) is 5.32 Å². The molecule has 1 aliphatic rings. The van der Waals surface area contributed by atoms with Gasteiger partial charge in [0.2, 0.25) is 0 Å². The van der Waals surface area contributed by atoms with Crippen LogP contribution in [-0.4, -0.2) is 4.98 Å². The van der Waals surface area contributed by atoms with Gasteiger partial charge in [0.1, 0.15) is 0 Å². The Bertz CT molecular complexity index is 568. The Morgan fingerprint density at radius 2 is 2.07 bits per heavy atom. The predicted molar refractivity (Wildman–Crippen MR) is 63.5 cm³/mol. The molecule has 2 nitrogen and oxygen atoms in total. The molecule has 0 saturated carbocycles. The van der Waals surface area contributed by atoms with Crippen molar-refractivity contribution in [1.29, 1.82) is 0 Å². The number of nitrogens with one attached hydrogen (secondary N) is 1. The summed E-state index contributed by atoms with van der Waals surface area (Å²) < 4.78 is 0. The van der Waals surface area contributed by atoms with Gasteiger partial charge in [0.15, 0.2) is 0 Å². The molecule has 0 fully saturated rings. The quantitative estimate of drug-likeness (QED) is 0.696. The summed E-state index contributed by atoms with van der Waals surface area (Å²) in [6, 6.07) is 8.23. The van der Waals surface area contributed by atoms with Gasteiger partial charge in [0, 0.05) is 23.3 Å². The highest BCUT2D eigenvalue weighted by atomic mass is 14.9. The summed E-state index contributed by atoms with van der Waals surface area (Å²) in [5.41, 5.74) is 3.27. The zero-order chi connectivity index (χ0) is 10.1. The zero-order valence-corrected chi connectivity index (χ0v) is 8.14. The van der Waals surface area contributed by atoms with Crippen LogP contribution >= 0.6 is 0 Å². The normalized spacial score (nSPS) is 13.3. The molecule has 0 aliphatic carbocycles. The number of fused-ring (bicyclic) bond motifs is 3. The van der Waals surface area contributed by atoms with Crippen molar-refractivity contribution in [2.45, 2.75) is 0 Å². The van der Waals surface area contributed by atoms with Crippen LogP contribution in [0.15, 0.2) is 48.8 Å². The smallest absolute Gasteiger partial charge is 0.0942 e. The van der Waals surface area contributed by atoms with Crippen molar-refractivity contribution >= 4 is 22.7 Å². The maximum Gasteiger partial charge on any atom is 0.0942 e. The monoisotopic (exact) mass is 194 g/mol. The van der Waals surface area contributed by atoms with Gasteiger partial charge >= 0.3 is 0 Å². The average Bonchev–Trinajstić information content (AvgIpc) is 2.54. The molecule has 0 atom stereocenters. The van der Waals surface area contributed by atoms with E-state index in [1.54, 1.807) is 0 Å². The summed E-state index contributed by atoms with van der Waals surface area (Å²) in [5, 5.41) is 4.42. The minimum Gasteiger partial charge on any atom is -0.359 e. The van der Waals surface area contributed by atoms with E-state index in [2.05, 4.69) is 34.6 Å². The second kappa shape index (κ2) is 3.24. The molecule has 1 aliphatic heterocycles. The Morgan fingerprint density at radius 3 is 3.07 bits per heavy atom. The number of aromatic nitrogens is 1. The molecule has 15 heavy (non-hydrogen) atoms. The van der Waals surface area contributed by atoms with E-state index in [0.29, 0.717) is 0 Å². The number of allylic oxidation sites excluding steroid dienone is 2. The summed E-state index contributed by atoms with van der Waals surface area (Å²) in [5.74, 6) is 0. The summed E-state index contributed by atoms with van der Waals surface area (Å²) >= 11 is 0. The molecule has 72 valence electrons. The van der Waals surface area contributed by atoms with E-state index in [1.165, 1.54) is 5.56 Å². The minimum absolute atomic E-state index is 1.02. The van der Waals surface area contributed by atoms with Crippen LogP contribution in [0, 0.1) is 0 Å². The Labute approximate surface area is 88.0 Å². The highest BCUT2D eigenvalue weighted by Gasteiger charge is 2.05. The number of anilines is 1. The summed E-state index contributed by atoms with van der Waals surface area (Å²) in [7, 11) is 0. The first kappa shape index (κ1) is 8.24. The summed E-state index contributed by atoms with van der Waals surface area (Å²) in [6.45, 7) is 0. The molecule has 1 aromatic carbocycles. The molecule has 0 bridgehead atoms. The van der Waals surface area contributed by atoms with Crippen molar-refractivity contribution in [3.63, 3.8) is 0 Å². The van der Waals surface area contributed by atoms with Crippen molar-refractivity contribution in [1.82, 2.24) is 4.98 Å². The topological polar surface area (TPSA) is 24.9 Å². The fourth-order valence-corrected chi connectivity index (χ4v) is 1.80. The second-order valence-corrected chi connectivity index (χ2v) is 3.47. The fraction of sp³-hybridized carbons (Fsp3) is 0. The van der Waals surface area contributed by atoms with E-state index in [1.807, 2.05) is 30.6 Å². The lowest BCUT2D eigenvalue weighted by atomic mass is 10.1. The van der Waals surface area contributed by atoms with Crippen LogP contribution in [0.5, 0.6) is 0 Å². The number of rotatable bonds is 0. The molecule has 2 heteroatoms. The SMILES string of the molecule is C1=CNc2c(ccc3cccnc23)C=C1. The predicted octanol–water partition coefficient (Wildman–Crippen LogP) is 3.19. The average molecular weight is 194 g/mol. The maximum atomic E-state index is 4.41. The van der Waals surface area contributed by atoms with E-state index in [4.69, 9.17) is 0 Å². The van der Waals surface area contributed by atoms with Crippen molar-refractivity contribution in [3.05, 3.63) is 54.4 Å². The summed E-state index contributed by atoms with van der Waals surface area (Å²) in [4.78, 5) is 4.41. The highest BCUT2D eigenvalue weighted by Crippen LogP contribution is 2.27. The number of nitrogens with zero attached hydrogens (tertiary/aromatic N) is 1. The standard InChI is InChI=1S/C13H10N2/c1-2-8-14-12-10(4-1)6-7-11-5-3-9-15-13(11)12/h1-9,14H. The molecule has 2 aromatic rings. The third-order valence-corrected chi connectivity index (χ3v) is 2.52. The van der Waals surface area contributed by atoms with Crippen LogP contribution < -0.4 is 5.32 Å².